The van der Waals surface area contributed by atoms with Crippen molar-refractivity contribution in [3.05, 3.63) is 53.1 Å². The van der Waals surface area contributed by atoms with Crippen molar-refractivity contribution in [2.75, 3.05) is 10.6 Å². The van der Waals surface area contributed by atoms with Crippen LogP contribution in [0, 0.1) is 0 Å². The summed E-state index contributed by atoms with van der Waals surface area (Å²) in [5, 5.41) is 14.5. The Kier molecular flexibility index (Phi) is 5.98. The molecule has 0 radical (unpaired) electrons. The van der Waals surface area contributed by atoms with Gasteiger partial charge >= 0.3 is 11.5 Å². The summed E-state index contributed by atoms with van der Waals surface area (Å²) >= 11 is 5.57. The normalized spacial score (nSPS) is 11.2. The number of hydrogen-bond acceptors (Lipinski definition) is 3. The number of hydrogen-bond donors (Lipinski definition) is 3. The van der Waals surface area contributed by atoms with E-state index in [-0.39, 0.29) is 29.0 Å². The molecule has 3 N–H and O–H groups in total. The molecule has 2 aromatic carbocycles. The Bertz CT molecular complexity index is 741. The van der Waals surface area contributed by atoms with E-state index >= 15 is 0 Å². The molecular formula is C15H12ClF3N2O2S. The lowest BCUT2D eigenvalue weighted by Crippen LogP contribution is -2.20. The van der Waals surface area contributed by atoms with Gasteiger partial charge in [-0.1, -0.05) is 23.7 Å². The molecule has 4 nitrogen and oxygen atoms in total. The molecule has 0 aliphatic rings. The van der Waals surface area contributed by atoms with Gasteiger partial charge in [-0.15, -0.1) is 0 Å². The third-order valence-corrected chi connectivity index (χ3v) is 3.77. The number of rotatable bonds is 4. The molecule has 0 saturated heterocycles. The number of thioether (sulfide) groups is 1. The highest BCUT2D eigenvalue weighted by molar-refractivity contribution is 8.00. The maximum Gasteiger partial charge on any atom is 0.446 e. The Hall–Kier alpha value is -1.90. The summed E-state index contributed by atoms with van der Waals surface area (Å²) in [5.41, 5.74) is -3.44. The number of aliphatic hydroxyl groups excluding tert-OH is 1. The Balaban J connectivity index is 2.08. The van der Waals surface area contributed by atoms with Crippen molar-refractivity contribution in [1.29, 1.82) is 0 Å². The summed E-state index contributed by atoms with van der Waals surface area (Å²) in [6.45, 7) is -0.301. The van der Waals surface area contributed by atoms with Gasteiger partial charge in [-0.05, 0) is 42.1 Å². The van der Waals surface area contributed by atoms with Crippen molar-refractivity contribution >= 4 is 40.8 Å². The molecule has 0 aliphatic carbocycles. The first-order valence-electron chi connectivity index (χ1n) is 6.60. The summed E-state index contributed by atoms with van der Waals surface area (Å²) in [4.78, 5) is 11.9. The molecule has 0 atom stereocenters. The predicted molar refractivity (Wildman–Crippen MR) is 88.4 cm³/mol. The maximum absolute atomic E-state index is 12.4. The van der Waals surface area contributed by atoms with Crippen molar-refractivity contribution in [2.24, 2.45) is 0 Å². The molecule has 0 fully saturated rings. The summed E-state index contributed by atoms with van der Waals surface area (Å²) in [6.07, 6.45) is 0. The molecule has 0 aromatic heterocycles. The van der Waals surface area contributed by atoms with Crippen LogP contribution in [-0.2, 0) is 6.61 Å². The molecule has 0 saturated carbocycles. The third kappa shape index (κ3) is 5.63. The van der Waals surface area contributed by atoms with Crippen molar-refractivity contribution in [3.8, 4) is 0 Å². The van der Waals surface area contributed by atoms with E-state index in [0.29, 0.717) is 16.3 Å². The van der Waals surface area contributed by atoms with Crippen molar-refractivity contribution in [1.82, 2.24) is 0 Å². The van der Waals surface area contributed by atoms with Gasteiger partial charge in [0.1, 0.15) is 0 Å². The van der Waals surface area contributed by atoms with Gasteiger partial charge in [-0.3, -0.25) is 0 Å². The lowest BCUT2D eigenvalue weighted by molar-refractivity contribution is -0.0328. The fourth-order valence-corrected chi connectivity index (χ4v) is 2.63. The summed E-state index contributed by atoms with van der Waals surface area (Å²) in [5.74, 6) is 0. The third-order valence-electron chi connectivity index (χ3n) is 2.82. The van der Waals surface area contributed by atoms with E-state index in [2.05, 4.69) is 10.6 Å². The predicted octanol–water partition coefficient (Wildman–Crippen LogP) is 5.09. The molecular weight excluding hydrogens is 365 g/mol. The molecule has 0 unspecified atom stereocenters. The van der Waals surface area contributed by atoms with Crippen molar-refractivity contribution in [3.63, 3.8) is 0 Å². The van der Waals surface area contributed by atoms with Crippen LogP contribution >= 0.6 is 23.4 Å². The Labute approximate surface area is 145 Å². The first kappa shape index (κ1) is 18.4. The number of carbonyl (C=O) groups is 1. The maximum atomic E-state index is 12.4. The zero-order valence-electron chi connectivity index (χ0n) is 12.0. The zero-order valence-corrected chi connectivity index (χ0v) is 13.6. The van der Waals surface area contributed by atoms with Gasteiger partial charge in [-0.2, -0.15) is 13.2 Å². The number of nitrogens with one attached hydrogen (secondary N) is 2. The molecule has 0 heterocycles. The zero-order chi connectivity index (χ0) is 17.7. The molecule has 0 spiro atoms. The lowest BCUT2D eigenvalue weighted by atomic mass is 10.2. The molecule has 2 rings (SSSR count). The lowest BCUT2D eigenvalue weighted by Gasteiger charge is -2.12. The minimum absolute atomic E-state index is 0.0425. The van der Waals surface area contributed by atoms with E-state index in [1.54, 1.807) is 12.1 Å². The largest absolute Gasteiger partial charge is 0.446 e. The van der Waals surface area contributed by atoms with Gasteiger partial charge in [0.15, 0.2) is 0 Å². The number of alkyl halides is 3. The number of benzene rings is 2. The van der Waals surface area contributed by atoms with Crippen LogP contribution in [0.15, 0.2) is 47.4 Å². The van der Waals surface area contributed by atoms with Crippen LogP contribution in [0.3, 0.4) is 0 Å². The first-order valence-corrected chi connectivity index (χ1v) is 7.79. The molecule has 9 heteroatoms. The van der Waals surface area contributed by atoms with E-state index in [9.17, 15) is 23.1 Å². The van der Waals surface area contributed by atoms with Crippen LogP contribution in [0.4, 0.5) is 29.3 Å². The first-order chi connectivity index (χ1) is 11.3. The van der Waals surface area contributed by atoms with E-state index in [1.807, 2.05) is 0 Å². The number of urea groups is 1. The van der Waals surface area contributed by atoms with E-state index < -0.39 is 11.5 Å². The highest BCUT2D eigenvalue weighted by atomic mass is 35.5. The second-order valence-corrected chi connectivity index (χ2v) is 6.19. The SMILES string of the molecule is O=C(Nc1cccc(SC(F)(F)F)c1)Nc1cc(Cl)ccc1CO. The van der Waals surface area contributed by atoms with E-state index in [4.69, 9.17) is 11.6 Å². The number of amides is 2. The van der Waals surface area contributed by atoms with Crippen molar-refractivity contribution < 1.29 is 23.1 Å². The molecule has 2 amide bonds. The van der Waals surface area contributed by atoms with Crippen LogP contribution in [0.5, 0.6) is 0 Å². The van der Waals surface area contributed by atoms with Gasteiger partial charge in [-0.25, -0.2) is 4.79 Å². The summed E-state index contributed by atoms with van der Waals surface area (Å²) < 4.78 is 37.1. The van der Waals surface area contributed by atoms with Gasteiger partial charge in [0, 0.05) is 26.9 Å². The fraction of sp³-hybridized carbons (Fsp3) is 0.133. The molecule has 0 aliphatic heterocycles. The smallest absolute Gasteiger partial charge is 0.392 e. The highest BCUT2D eigenvalue weighted by Gasteiger charge is 2.29. The van der Waals surface area contributed by atoms with Crippen LogP contribution < -0.4 is 10.6 Å². The topological polar surface area (TPSA) is 61.4 Å². The van der Waals surface area contributed by atoms with Crippen LogP contribution in [0.2, 0.25) is 5.02 Å². The van der Waals surface area contributed by atoms with Crippen LogP contribution in [0.1, 0.15) is 5.56 Å². The Morgan fingerprint density at radius 3 is 2.58 bits per heavy atom. The summed E-state index contributed by atoms with van der Waals surface area (Å²) in [7, 11) is 0. The monoisotopic (exact) mass is 376 g/mol. The summed E-state index contributed by atoms with van der Waals surface area (Å²) in [6, 6.07) is 9.29. The Morgan fingerprint density at radius 2 is 1.92 bits per heavy atom. The molecule has 24 heavy (non-hydrogen) atoms. The number of carbonyl (C=O) groups excluding carboxylic acids is 1. The standard InChI is InChI=1S/C15H12ClF3N2O2S/c16-10-5-4-9(8-22)13(6-10)21-14(23)20-11-2-1-3-12(7-11)24-15(17,18)19/h1-7,22H,8H2,(H2,20,21,23). The van der Waals surface area contributed by atoms with Gasteiger partial charge in [0.25, 0.3) is 0 Å². The van der Waals surface area contributed by atoms with Gasteiger partial charge < -0.3 is 15.7 Å². The quantitative estimate of drug-likeness (QED) is 0.651. The highest BCUT2D eigenvalue weighted by Crippen LogP contribution is 2.37. The van der Waals surface area contributed by atoms with Gasteiger partial charge in [0.05, 0.1) is 6.61 Å². The number of anilines is 2. The molecule has 0 bridgehead atoms. The van der Waals surface area contributed by atoms with Gasteiger partial charge in [0.2, 0.25) is 0 Å². The average Bonchev–Trinajstić information content (AvgIpc) is 2.46. The van der Waals surface area contributed by atoms with E-state index in [1.165, 1.54) is 30.3 Å². The molecule has 2 aromatic rings. The second kappa shape index (κ2) is 7.78. The number of aliphatic hydroxyl groups is 1. The second-order valence-electron chi connectivity index (χ2n) is 4.61. The van der Waals surface area contributed by atoms with Crippen LogP contribution in [-0.4, -0.2) is 16.6 Å². The Morgan fingerprint density at radius 1 is 1.17 bits per heavy atom. The fourth-order valence-electron chi connectivity index (χ4n) is 1.86. The van der Waals surface area contributed by atoms with Crippen LogP contribution in [0.25, 0.3) is 0 Å². The average molecular weight is 377 g/mol. The minimum atomic E-state index is -4.41. The van der Waals surface area contributed by atoms with E-state index in [0.717, 1.165) is 0 Å². The number of halogens is 4. The molecule has 128 valence electrons. The minimum Gasteiger partial charge on any atom is -0.392 e. The van der Waals surface area contributed by atoms with Crippen molar-refractivity contribution in [2.45, 2.75) is 17.0 Å².